The third-order valence-electron chi connectivity index (χ3n) is 7.96. The molecule has 0 bridgehead atoms. The van der Waals surface area contributed by atoms with Gasteiger partial charge in [0.1, 0.15) is 0 Å². The first-order chi connectivity index (χ1) is 13.3. The fourth-order valence-corrected chi connectivity index (χ4v) is 6.28. The number of aliphatic hydroxyl groups excluding tert-OH is 1. The summed E-state index contributed by atoms with van der Waals surface area (Å²) in [5.41, 5.74) is 4.34. The monoisotopic (exact) mass is 382 g/mol. The standard InChI is InChI=1S/C27H42O/c1-19(2)9-6-10-20(3)24-16-17-25-23(12-8-18-27(24,25)5)15-14-22-11-7-13-26(28)21(22)4/h6,10,14-15,19-20,24-26,28H,4,7-9,11-13,16-18H2,1-3,5H3/b10-6+,22-14-,23-15+/t20-,24?,25?,26+,27-/m1/s1. The molecule has 0 spiro atoms. The SMILES string of the molecule is C=C1/C(=C\C=C2/CCC[C@@]3(C)C2CCC3[C@H](C)/C=C/CC(C)C)CCC[C@@H]1O. The van der Waals surface area contributed by atoms with Crippen LogP contribution in [-0.4, -0.2) is 11.2 Å². The molecule has 1 nitrogen and oxygen atoms in total. The summed E-state index contributed by atoms with van der Waals surface area (Å²) in [4.78, 5) is 0. The summed E-state index contributed by atoms with van der Waals surface area (Å²) in [6.45, 7) is 13.8. The van der Waals surface area contributed by atoms with Crippen LogP contribution in [0.5, 0.6) is 0 Å². The van der Waals surface area contributed by atoms with Crippen molar-refractivity contribution in [3.05, 3.63) is 47.6 Å². The Bertz CT molecular complexity index is 649. The van der Waals surface area contributed by atoms with Gasteiger partial charge in [0.05, 0.1) is 6.10 Å². The minimum atomic E-state index is -0.329. The van der Waals surface area contributed by atoms with Crippen molar-refractivity contribution in [1.82, 2.24) is 0 Å². The summed E-state index contributed by atoms with van der Waals surface area (Å²) in [6, 6.07) is 0. The van der Waals surface area contributed by atoms with Crippen LogP contribution >= 0.6 is 0 Å². The van der Waals surface area contributed by atoms with Gasteiger partial charge in [0.15, 0.2) is 0 Å². The molecule has 0 amide bonds. The third-order valence-corrected chi connectivity index (χ3v) is 7.96. The zero-order valence-corrected chi connectivity index (χ0v) is 18.7. The van der Waals surface area contributed by atoms with Crippen LogP contribution in [0.1, 0.15) is 85.5 Å². The molecule has 156 valence electrons. The van der Waals surface area contributed by atoms with Crippen LogP contribution in [-0.2, 0) is 0 Å². The maximum absolute atomic E-state index is 10.1. The number of hydrogen-bond donors (Lipinski definition) is 1. The van der Waals surface area contributed by atoms with E-state index in [0.29, 0.717) is 11.3 Å². The smallest absolute Gasteiger partial charge is 0.0787 e. The molecule has 3 fully saturated rings. The molecule has 0 heterocycles. The van der Waals surface area contributed by atoms with E-state index in [1.165, 1.54) is 44.1 Å². The molecule has 28 heavy (non-hydrogen) atoms. The largest absolute Gasteiger partial charge is 0.388 e. The average molecular weight is 383 g/mol. The highest BCUT2D eigenvalue weighted by molar-refractivity contribution is 5.37. The molecule has 5 atom stereocenters. The number of hydrogen-bond acceptors (Lipinski definition) is 1. The second kappa shape index (κ2) is 9.16. The van der Waals surface area contributed by atoms with Gasteiger partial charge in [-0.15, -0.1) is 0 Å². The highest BCUT2D eigenvalue weighted by Gasteiger charge is 2.50. The topological polar surface area (TPSA) is 20.2 Å². The van der Waals surface area contributed by atoms with Crippen molar-refractivity contribution >= 4 is 0 Å². The Kier molecular flexibility index (Phi) is 7.07. The Morgan fingerprint density at radius 3 is 2.64 bits per heavy atom. The van der Waals surface area contributed by atoms with E-state index in [0.717, 1.165) is 42.6 Å². The lowest BCUT2D eigenvalue weighted by molar-refractivity contribution is 0.112. The van der Waals surface area contributed by atoms with Crippen molar-refractivity contribution in [2.24, 2.45) is 29.1 Å². The van der Waals surface area contributed by atoms with Gasteiger partial charge in [-0.25, -0.2) is 0 Å². The van der Waals surface area contributed by atoms with Crippen LogP contribution < -0.4 is 0 Å². The van der Waals surface area contributed by atoms with Crippen LogP contribution in [0, 0.1) is 29.1 Å². The summed E-state index contributed by atoms with van der Waals surface area (Å²) in [5, 5.41) is 10.1. The molecule has 0 radical (unpaired) electrons. The lowest BCUT2D eigenvalue weighted by Gasteiger charge is -2.44. The minimum absolute atomic E-state index is 0.329. The number of rotatable bonds is 5. The van der Waals surface area contributed by atoms with E-state index in [1.54, 1.807) is 5.57 Å². The molecule has 0 aromatic carbocycles. The van der Waals surface area contributed by atoms with Crippen molar-refractivity contribution in [3.63, 3.8) is 0 Å². The number of aliphatic hydroxyl groups is 1. The van der Waals surface area contributed by atoms with Crippen LogP contribution in [0.15, 0.2) is 47.6 Å². The molecule has 0 aromatic heterocycles. The van der Waals surface area contributed by atoms with Crippen LogP contribution in [0.4, 0.5) is 0 Å². The number of allylic oxidation sites excluding steroid dienone is 5. The van der Waals surface area contributed by atoms with Crippen molar-refractivity contribution in [2.45, 2.75) is 91.6 Å². The summed E-state index contributed by atoms with van der Waals surface area (Å²) in [5.74, 6) is 2.98. The van der Waals surface area contributed by atoms with E-state index in [-0.39, 0.29) is 6.10 Å². The highest BCUT2D eigenvalue weighted by Crippen LogP contribution is 2.59. The summed E-state index contributed by atoms with van der Waals surface area (Å²) >= 11 is 0. The summed E-state index contributed by atoms with van der Waals surface area (Å²) in [7, 11) is 0. The van der Waals surface area contributed by atoms with E-state index in [2.05, 4.69) is 58.6 Å². The molecule has 0 saturated heterocycles. The van der Waals surface area contributed by atoms with Gasteiger partial charge in [-0.05, 0) is 98.0 Å². The van der Waals surface area contributed by atoms with Gasteiger partial charge in [-0.1, -0.05) is 64.2 Å². The zero-order valence-electron chi connectivity index (χ0n) is 18.7. The first kappa shape index (κ1) is 21.6. The maximum atomic E-state index is 10.1. The molecule has 3 rings (SSSR count). The van der Waals surface area contributed by atoms with E-state index < -0.39 is 0 Å². The fourth-order valence-electron chi connectivity index (χ4n) is 6.28. The van der Waals surface area contributed by atoms with E-state index in [1.807, 2.05) is 0 Å². The molecular weight excluding hydrogens is 340 g/mol. The Morgan fingerprint density at radius 1 is 1.11 bits per heavy atom. The molecule has 0 aromatic rings. The predicted molar refractivity (Wildman–Crippen MR) is 121 cm³/mol. The Hall–Kier alpha value is -1.08. The second-order valence-corrected chi connectivity index (χ2v) is 10.4. The third kappa shape index (κ3) is 4.56. The van der Waals surface area contributed by atoms with E-state index in [4.69, 9.17) is 0 Å². The van der Waals surface area contributed by atoms with Crippen molar-refractivity contribution in [3.8, 4) is 0 Å². The zero-order chi connectivity index (χ0) is 20.3. The van der Waals surface area contributed by atoms with Gasteiger partial charge in [0.25, 0.3) is 0 Å². The summed E-state index contributed by atoms with van der Waals surface area (Å²) < 4.78 is 0. The second-order valence-electron chi connectivity index (χ2n) is 10.4. The molecule has 1 N–H and O–H groups in total. The van der Waals surface area contributed by atoms with Crippen molar-refractivity contribution in [2.75, 3.05) is 0 Å². The van der Waals surface area contributed by atoms with Crippen LogP contribution in [0.25, 0.3) is 0 Å². The van der Waals surface area contributed by atoms with Gasteiger partial charge in [0.2, 0.25) is 0 Å². The molecular formula is C27H42O. The Labute approximate surface area is 173 Å². The van der Waals surface area contributed by atoms with Crippen molar-refractivity contribution < 1.29 is 5.11 Å². The lowest BCUT2D eigenvalue weighted by atomic mass is 9.61. The van der Waals surface area contributed by atoms with Gasteiger partial charge in [0, 0.05) is 0 Å². The maximum Gasteiger partial charge on any atom is 0.0787 e. The predicted octanol–water partition coefficient (Wildman–Crippen LogP) is 7.40. The van der Waals surface area contributed by atoms with Gasteiger partial charge >= 0.3 is 0 Å². The molecule has 3 aliphatic carbocycles. The van der Waals surface area contributed by atoms with Crippen LogP contribution in [0.3, 0.4) is 0 Å². The van der Waals surface area contributed by atoms with Crippen molar-refractivity contribution in [1.29, 1.82) is 0 Å². The first-order valence-electron chi connectivity index (χ1n) is 11.8. The average Bonchev–Trinajstić information content (AvgIpc) is 3.00. The Morgan fingerprint density at radius 2 is 1.89 bits per heavy atom. The van der Waals surface area contributed by atoms with E-state index in [9.17, 15) is 5.11 Å². The minimum Gasteiger partial charge on any atom is -0.388 e. The molecule has 3 aliphatic rings. The summed E-state index contributed by atoms with van der Waals surface area (Å²) in [6.07, 6.45) is 20.2. The van der Waals surface area contributed by atoms with Gasteiger partial charge in [-0.3, -0.25) is 0 Å². The Balaban J connectivity index is 1.74. The quantitative estimate of drug-likeness (QED) is 0.491. The lowest BCUT2D eigenvalue weighted by Crippen LogP contribution is -2.35. The van der Waals surface area contributed by atoms with Crippen LogP contribution in [0.2, 0.25) is 0 Å². The number of fused-ring (bicyclic) bond motifs is 1. The normalized spacial score (nSPS) is 37.9. The molecule has 3 saturated carbocycles. The molecule has 0 aliphatic heterocycles. The fraction of sp³-hybridized carbons (Fsp3) is 0.704. The highest BCUT2D eigenvalue weighted by atomic mass is 16.3. The molecule has 2 unspecified atom stereocenters. The van der Waals surface area contributed by atoms with Gasteiger partial charge < -0.3 is 5.11 Å². The van der Waals surface area contributed by atoms with Gasteiger partial charge in [-0.2, -0.15) is 0 Å². The first-order valence-corrected chi connectivity index (χ1v) is 11.8. The molecule has 1 heteroatoms. The van der Waals surface area contributed by atoms with E-state index >= 15 is 0 Å².